The molecular weight excluding hydrogens is 498 g/mol. The van der Waals surface area contributed by atoms with Gasteiger partial charge < -0.3 is 24.8 Å². The molecule has 2 unspecified atom stereocenters. The van der Waals surface area contributed by atoms with Gasteiger partial charge >= 0.3 is 190 Å². The molecule has 3 aromatic rings. The molecule has 3 heteroatoms. The summed E-state index contributed by atoms with van der Waals surface area (Å²) in [6.07, 6.45) is 8.73. The van der Waals surface area contributed by atoms with Gasteiger partial charge in [-0.2, -0.15) is 0 Å². The van der Waals surface area contributed by atoms with E-state index in [4.69, 9.17) is 0 Å². The summed E-state index contributed by atoms with van der Waals surface area (Å²) in [6, 6.07) is 26.7. The SMILES string of the molecule is CCCCC1=Cc2ccccc2C1C1=Cc2c(-c3ccccc3)cccc2[CH]1[Zr+2].[Cl-].[Cl-]. The Morgan fingerprint density at radius 3 is 2.26 bits per heavy atom. The molecule has 0 saturated carbocycles. The van der Waals surface area contributed by atoms with Crippen molar-refractivity contribution in [3.63, 3.8) is 0 Å². The van der Waals surface area contributed by atoms with E-state index in [-0.39, 0.29) is 24.8 Å². The molecule has 0 aliphatic heterocycles. The van der Waals surface area contributed by atoms with Crippen LogP contribution in [0.1, 0.15) is 58.0 Å². The van der Waals surface area contributed by atoms with Gasteiger partial charge in [-0.05, 0) is 0 Å². The molecule has 0 N–H and O–H groups in total. The van der Waals surface area contributed by atoms with Crippen LogP contribution in [0.5, 0.6) is 0 Å². The fraction of sp³-hybridized carbons (Fsp3) is 0.214. The van der Waals surface area contributed by atoms with E-state index >= 15 is 0 Å². The van der Waals surface area contributed by atoms with Crippen LogP contribution in [0.4, 0.5) is 0 Å². The Morgan fingerprint density at radius 1 is 0.774 bits per heavy atom. The number of unbranched alkanes of at least 4 members (excludes halogenated alkanes) is 1. The van der Waals surface area contributed by atoms with Crippen molar-refractivity contribution in [3.05, 3.63) is 106 Å². The molecule has 0 amide bonds. The van der Waals surface area contributed by atoms with Gasteiger partial charge in [-0.1, -0.05) is 0 Å². The molecule has 0 nitrogen and oxygen atoms in total. The molecule has 0 aromatic heterocycles. The Morgan fingerprint density at radius 2 is 1.48 bits per heavy atom. The molecule has 155 valence electrons. The van der Waals surface area contributed by atoms with Crippen LogP contribution in [-0.2, 0) is 24.7 Å². The first-order valence-corrected chi connectivity index (χ1v) is 12.1. The van der Waals surface area contributed by atoms with E-state index in [0.717, 1.165) is 0 Å². The fourth-order valence-electron chi connectivity index (χ4n) is 4.92. The van der Waals surface area contributed by atoms with Crippen molar-refractivity contribution in [1.29, 1.82) is 0 Å². The van der Waals surface area contributed by atoms with Crippen LogP contribution in [0, 0.1) is 0 Å². The van der Waals surface area contributed by atoms with Gasteiger partial charge in [0, 0.05) is 0 Å². The molecule has 0 bridgehead atoms. The second-order valence-corrected chi connectivity index (χ2v) is 9.56. The van der Waals surface area contributed by atoms with Crippen molar-refractivity contribution >= 4 is 12.2 Å². The molecule has 5 rings (SSSR count). The fourth-order valence-corrected chi connectivity index (χ4v) is 6.16. The van der Waals surface area contributed by atoms with Crippen LogP contribution in [0.25, 0.3) is 23.3 Å². The van der Waals surface area contributed by atoms with Crippen molar-refractivity contribution in [2.45, 2.75) is 35.7 Å². The normalized spacial score (nSPS) is 18.3. The summed E-state index contributed by atoms with van der Waals surface area (Å²) in [7, 11) is 0. The summed E-state index contributed by atoms with van der Waals surface area (Å²) in [5.41, 5.74) is 11.8. The molecule has 31 heavy (non-hydrogen) atoms. The standard InChI is InChI=1S/C28H25.2ClH.Zr/c1-2-3-10-23-17-21-13-7-8-15-26(21)28(23)24-18-22-14-9-16-25(27(22)19-24)20-11-5-4-6-12-20;;;/h4-9,11-19,28H,2-3,10H2,1H3;2*1H;/q;;;+2/p-2. The Balaban J connectivity index is 0.00000136. The molecule has 0 spiro atoms. The zero-order valence-corrected chi connectivity index (χ0v) is 21.6. The third-order valence-electron chi connectivity index (χ3n) is 6.35. The van der Waals surface area contributed by atoms with Gasteiger partial charge in [-0.3, -0.25) is 0 Å². The minimum atomic E-state index is 0. The van der Waals surface area contributed by atoms with Gasteiger partial charge in [0.2, 0.25) is 0 Å². The third-order valence-corrected chi connectivity index (χ3v) is 7.93. The predicted molar refractivity (Wildman–Crippen MR) is 119 cm³/mol. The van der Waals surface area contributed by atoms with Gasteiger partial charge in [0.15, 0.2) is 0 Å². The Labute approximate surface area is 213 Å². The van der Waals surface area contributed by atoms with E-state index in [1.54, 1.807) is 35.9 Å². The third kappa shape index (κ3) is 4.43. The topological polar surface area (TPSA) is 0 Å². The molecule has 0 heterocycles. The number of rotatable bonds is 5. The van der Waals surface area contributed by atoms with Crippen LogP contribution >= 0.6 is 0 Å². The first-order chi connectivity index (χ1) is 14.3. The molecular formula is C28H25Cl2Zr. The summed E-state index contributed by atoms with van der Waals surface area (Å²) in [5, 5.41) is 0. The average Bonchev–Trinajstić information content (AvgIpc) is 3.30. The van der Waals surface area contributed by atoms with Gasteiger partial charge in [-0.25, -0.2) is 0 Å². The van der Waals surface area contributed by atoms with Crippen molar-refractivity contribution in [1.82, 2.24) is 0 Å². The molecule has 3 aromatic carbocycles. The quantitative estimate of drug-likeness (QED) is 0.478. The number of benzene rings is 3. The van der Waals surface area contributed by atoms with Crippen LogP contribution in [-0.4, -0.2) is 0 Å². The average molecular weight is 524 g/mol. The summed E-state index contributed by atoms with van der Waals surface area (Å²) in [4.78, 5) is 0. The van der Waals surface area contributed by atoms with Crippen LogP contribution in [0.2, 0.25) is 0 Å². The zero-order valence-electron chi connectivity index (χ0n) is 17.6. The van der Waals surface area contributed by atoms with Crippen molar-refractivity contribution in [2.24, 2.45) is 0 Å². The number of halogens is 2. The van der Waals surface area contributed by atoms with Gasteiger partial charge in [0.1, 0.15) is 0 Å². The largest absolute Gasteiger partial charge is 1.00 e. The first-order valence-electron chi connectivity index (χ1n) is 10.7. The Hall–Kier alpha value is -1.40. The molecule has 2 aliphatic rings. The van der Waals surface area contributed by atoms with E-state index < -0.39 is 0 Å². The second-order valence-electron chi connectivity index (χ2n) is 8.14. The van der Waals surface area contributed by atoms with Crippen LogP contribution in [0.15, 0.2) is 83.9 Å². The summed E-state index contributed by atoms with van der Waals surface area (Å²) < 4.78 is 0.544. The smallest absolute Gasteiger partial charge is 1.00 e. The summed E-state index contributed by atoms with van der Waals surface area (Å²) in [6.45, 7) is 2.29. The van der Waals surface area contributed by atoms with E-state index in [0.29, 0.717) is 9.54 Å². The molecule has 0 saturated heterocycles. The van der Waals surface area contributed by atoms with E-state index in [1.807, 2.05) is 0 Å². The summed E-state index contributed by atoms with van der Waals surface area (Å²) >= 11 is 1.59. The minimum Gasteiger partial charge on any atom is -1.00 e. The van der Waals surface area contributed by atoms with Gasteiger partial charge in [-0.15, -0.1) is 0 Å². The van der Waals surface area contributed by atoms with Gasteiger partial charge in [0.25, 0.3) is 0 Å². The maximum absolute atomic E-state index is 2.53. The van der Waals surface area contributed by atoms with Crippen LogP contribution < -0.4 is 24.8 Å². The monoisotopic (exact) mass is 521 g/mol. The van der Waals surface area contributed by atoms with Crippen molar-refractivity contribution < 1.29 is 49.5 Å². The van der Waals surface area contributed by atoms with E-state index in [2.05, 4.69) is 91.9 Å². The second kappa shape index (κ2) is 10.5. The molecule has 2 aliphatic carbocycles. The van der Waals surface area contributed by atoms with Gasteiger partial charge in [0.05, 0.1) is 0 Å². The summed E-state index contributed by atoms with van der Waals surface area (Å²) in [5.74, 6) is 0.457. The number of fused-ring (bicyclic) bond motifs is 2. The number of allylic oxidation sites excluding steroid dienone is 2. The molecule has 0 fully saturated rings. The number of hydrogen-bond donors (Lipinski definition) is 0. The Kier molecular flexibility index (Phi) is 8.20. The maximum Gasteiger partial charge on any atom is -1.00 e. The maximum atomic E-state index is 2.53. The number of hydrogen-bond acceptors (Lipinski definition) is 0. The van der Waals surface area contributed by atoms with Crippen molar-refractivity contribution in [2.75, 3.05) is 0 Å². The van der Waals surface area contributed by atoms with E-state index in [1.165, 1.54) is 52.6 Å². The van der Waals surface area contributed by atoms with Crippen molar-refractivity contribution in [3.8, 4) is 11.1 Å². The zero-order chi connectivity index (χ0) is 19.8. The molecule has 2 atom stereocenters. The minimum absolute atomic E-state index is 0. The van der Waals surface area contributed by atoms with Crippen LogP contribution in [0.3, 0.4) is 0 Å². The first kappa shape index (κ1) is 24.2. The molecule has 0 radical (unpaired) electrons. The predicted octanol–water partition coefficient (Wildman–Crippen LogP) is 1.72. The van der Waals surface area contributed by atoms with E-state index in [9.17, 15) is 0 Å². The Bertz CT molecular complexity index is 1110.